The molecule has 0 saturated carbocycles. The van der Waals surface area contributed by atoms with Crippen molar-refractivity contribution >= 4 is 32.8 Å². The smallest absolute Gasteiger partial charge is 0.123 e. The molecule has 4 heteroatoms. The number of aryl methyl sites for hydroxylation is 1. The summed E-state index contributed by atoms with van der Waals surface area (Å²) < 4.78 is 14.4. The van der Waals surface area contributed by atoms with Gasteiger partial charge in [0.2, 0.25) is 0 Å². The first-order chi connectivity index (χ1) is 9.19. The van der Waals surface area contributed by atoms with E-state index in [1.807, 2.05) is 13.1 Å². The number of rotatable bonds is 3. The predicted molar refractivity (Wildman–Crippen MR) is 81.7 cm³/mol. The largest absolute Gasteiger partial charge is 0.309 e. The number of fused-ring (bicyclic) bond motifs is 1. The minimum Gasteiger partial charge on any atom is -0.309 e. The van der Waals surface area contributed by atoms with Crippen LogP contribution in [-0.2, 0) is 0 Å². The van der Waals surface area contributed by atoms with Gasteiger partial charge in [0.05, 0.1) is 6.04 Å². The standard InChI is InChI=1S/C15H14FNS2/c1-9-12(5-6-18-9)15(17-2)14-8-10-7-11(16)3-4-13(10)19-14/h3-8,15,17H,1-2H3. The summed E-state index contributed by atoms with van der Waals surface area (Å²) in [5.74, 6) is -0.176. The summed E-state index contributed by atoms with van der Waals surface area (Å²) in [6, 6.07) is 9.40. The predicted octanol–water partition coefficient (Wildman–Crippen LogP) is 4.72. The monoisotopic (exact) mass is 291 g/mol. The quantitative estimate of drug-likeness (QED) is 0.736. The molecule has 19 heavy (non-hydrogen) atoms. The second kappa shape index (κ2) is 5.04. The maximum Gasteiger partial charge on any atom is 0.123 e. The van der Waals surface area contributed by atoms with Gasteiger partial charge in [-0.1, -0.05) is 0 Å². The van der Waals surface area contributed by atoms with E-state index >= 15 is 0 Å². The van der Waals surface area contributed by atoms with E-state index in [4.69, 9.17) is 0 Å². The average Bonchev–Trinajstić information content (AvgIpc) is 2.97. The maximum atomic E-state index is 13.3. The molecule has 0 saturated heterocycles. The number of halogens is 1. The fourth-order valence-corrected chi connectivity index (χ4v) is 4.24. The minimum absolute atomic E-state index is 0.176. The number of hydrogen-bond acceptors (Lipinski definition) is 3. The van der Waals surface area contributed by atoms with Crippen molar-refractivity contribution < 1.29 is 4.39 Å². The van der Waals surface area contributed by atoms with Crippen LogP contribution < -0.4 is 5.32 Å². The van der Waals surface area contributed by atoms with Crippen molar-refractivity contribution in [2.75, 3.05) is 7.05 Å². The van der Waals surface area contributed by atoms with Crippen molar-refractivity contribution in [3.05, 3.63) is 56.8 Å². The lowest BCUT2D eigenvalue weighted by Gasteiger charge is -2.14. The highest BCUT2D eigenvalue weighted by molar-refractivity contribution is 7.19. The van der Waals surface area contributed by atoms with E-state index in [1.54, 1.807) is 28.7 Å². The zero-order chi connectivity index (χ0) is 13.4. The summed E-state index contributed by atoms with van der Waals surface area (Å²) in [4.78, 5) is 2.55. The zero-order valence-corrected chi connectivity index (χ0v) is 12.4. The lowest BCUT2D eigenvalue weighted by atomic mass is 10.1. The first-order valence-electron chi connectivity index (χ1n) is 6.09. The third-order valence-corrected chi connectivity index (χ3v) is 5.32. The van der Waals surface area contributed by atoms with E-state index in [0.717, 1.165) is 10.1 Å². The van der Waals surface area contributed by atoms with Crippen LogP contribution in [0.4, 0.5) is 4.39 Å². The molecule has 1 unspecified atom stereocenters. The number of benzene rings is 1. The van der Waals surface area contributed by atoms with Crippen LogP contribution in [0.25, 0.3) is 10.1 Å². The van der Waals surface area contributed by atoms with Gasteiger partial charge in [-0.3, -0.25) is 0 Å². The Balaban J connectivity index is 2.09. The SMILES string of the molecule is CNC(c1cc2cc(F)ccc2s1)c1ccsc1C. The molecule has 0 amide bonds. The van der Waals surface area contributed by atoms with Crippen molar-refractivity contribution in [3.8, 4) is 0 Å². The van der Waals surface area contributed by atoms with E-state index in [1.165, 1.54) is 21.4 Å². The van der Waals surface area contributed by atoms with Crippen molar-refractivity contribution in [1.82, 2.24) is 5.32 Å². The van der Waals surface area contributed by atoms with Crippen molar-refractivity contribution in [3.63, 3.8) is 0 Å². The minimum atomic E-state index is -0.176. The highest BCUT2D eigenvalue weighted by Crippen LogP contribution is 2.35. The molecule has 1 nitrogen and oxygen atoms in total. The third-order valence-electron chi connectivity index (χ3n) is 3.28. The van der Waals surface area contributed by atoms with Gasteiger partial charge in [-0.25, -0.2) is 4.39 Å². The maximum absolute atomic E-state index is 13.3. The van der Waals surface area contributed by atoms with Gasteiger partial charge >= 0.3 is 0 Å². The van der Waals surface area contributed by atoms with E-state index in [9.17, 15) is 4.39 Å². The molecule has 2 aromatic heterocycles. The van der Waals surface area contributed by atoms with Gasteiger partial charge in [0.25, 0.3) is 0 Å². The molecular weight excluding hydrogens is 277 g/mol. The Kier molecular flexibility index (Phi) is 3.39. The van der Waals surface area contributed by atoms with Gasteiger partial charge in [0.15, 0.2) is 0 Å². The normalized spacial score (nSPS) is 13.0. The summed E-state index contributed by atoms with van der Waals surface area (Å²) in [5.41, 5.74) is 1.31. The molecule has 3 aromatic rings. The fraction of sp³-hybridized carbons (Fsp3) is 0.200. The zero-order valence-electron chi connectivity index (χ0n) is 10.7. The van der Waals surface area contributed by atoms with E-state index in [2.05, 4.69) is 29.8 Å². The van der Waals surface area contributed by atoms with Crippen LogP contribution in [0, 0.1) is 12.7 Å². The molecule has 0 radical (unpaired) electrons. The molecular formula is C15H14FNS2. The van der Waals surface area contributed by atoms with Gasteiger partial charge < -0.3 is 5.32 Å². The van der Waals surface area contributed by atoms with Gasteiger partial charge in [0.1, 0.15) is 5.82 Å². The summed E-state index contributed by atoms with van der Waals surface area (Å²) >= 11 is 3.48. The Morgan fingerprint density at radius 2 is 2.05 bits per heavy atom. The topological polar surface area (TPSA) is 12.0 Å². The third kappa shape index (κ3) is 2.31. The molecule has 0 aliphatic rings. The van der Waals surface area contributed by atoms with Crippen LogP contribution in [0.5, 0.6) is 0 Å². The Morgan fingerprint density at radius 3 is 2.74 bits per heavy atom. The van der Waals surface area contributed by atoms with E-state index in [0.29, 0.717) is 0 Å². The highest BCUT2D eigenvalue weighted by Gasteiger charge is 2.17. The van der Waals surface area contributed by atoms with Crippen LogP contribution in [-0.4, -0.2) is 7.05 Å². The fourth-order valence-electron chi connectivity index (χ4n) is 2.32. The molecule has 1 aromatic carbocycles. The molecule has 98 valence electrons. The summed E-state index contributed by atoms with van der Waals surface area (Å²) in [5, 5.41) is 6.45. The summed E-state index contributed by atoms with van der Waals surface area (Å²) in [6.45, 7) is 2.14. The average molecular weight is 291 g/mol. The Morgan fingerprint density at radius 1 is 1.21 bits per heavy atom. The second-order valence-corrected chi connectivity index (χ2v) is 6.72. The lowest BCUT2D eigenvalue weighted by Crippen LogP contribution is -2.16. The molecule has 0 spiro atoms. The molecule has 1 atom stereocenters. The van der Waals surface area contributed by atoms with Gasteiger partial charge in [-0.15, -0.1) is 22.7 Å². The van der Waals surface area contributed by atoms with Crippen molar-refractivity contribution in [1.29, 1.82) is 0 Å². The van der Waals surface area contributed by atoms with Crippen molar-refractivity contribution in [2.45, 2.75) is 13.0 Å². The van der Waals surface area contributed by atoms with E-state index in [-0.39, 0.29) is 11.9 Å². The second-order valence-electron chi connectivity index (χ2n) is 4.48. The number of hydrogen-bond donors (Lipinski definition) is 1. The Bertz CT molecular complexity index is 714. The highest BCUT2D eigenvalue weighted by atomic mass is 32.1. The molecule has 0 fully saturated rings. The molecule has 0 aliphatic carbocycles. The van der Waals surface area contributed by atoms with Crippen LogP contribution in [0.3, 0.4) is 0 Å². The van der Waals surface area contributed by atoms with Crippen LogP contribution in [0.1, 0.15) is 21.4 Å². The van der Waals surface area contributed by atoms with Gasteiger partial charge in [0, 0.05) is 14.5 Å². The van der Waals surface area contributed by atoms with Crippen molar-refractivity contribution in [2.24, 2.45) is 0 Å². The first-order valence-corrected chi connectivity index (χ1v) is 7.79. The van der Waals surface area contributed by atoms with Gasteiger partial charge in [-0.05, 0) is 60.6 Å². The summed E-state index contributed by atoms with van der Waals surface area (Å²) in [7, 11) is 1.97. The molecule has 1 N–H and O–H groups in total. The van der Waals surface area contributed by atoms with Crippen LogP contribution in [0.15, 0.2) is 35.7 Å². The van der Waals surface area contributed by atoms with Crippen LogP contribution >= 0.6 is 22.7 Å². The first kappa shape index (κ1) is 12.8. The molecule has 0 aliphatic heterocycles. The molecule has 2 heterocycles. The lowest BCUT2D eigenvalue weighted by molar-refractivity contribution is 0.630. The number of nitrogens with one attached hydrogen (secondary N) is 1. The van der Waals surface area contributed by atoms with E-state index < -0.39 is 0 Å². The van der Waals surface area contributed by atoms with Gasteiger partial charge in [-0.2, -0.15) is 0 Å². The molecule has 3 rings (SSSR count). The Hall–Kier alpha value is -1.23. The van der Waals surface area contributed by atoms with Crippen LogP contribution in [0.2, 0.25) is 0 Å². The number of thiophene rings is 2. The summed E-state index contributed by atoms with van der Waals surface area (Å²) in [6.07, 6.45) is 0. The Labute approximate surface area is 119 Å². The molecule has 0 bridgehead atoms.